The fraction of sp³-hybridized carbons (Fsp3) is 0.533. The molecule has 1 heterocycles. The molecule has 0 spiro atoms. The van der Waals surface area contributed by atoms with Crippen LogP contribution >= 0.6 is 0 Å². The summed E-state index contributed by atoms with van der Waals surface area (Å²) in [6.07, 6.45) is 1.03. The van der Waals surface area contributed by atoms with Crippen molar-refractivity contribution < 1.29 is 9.18 Å². The molecule has 0 radical (unpaired) electrons. The van der Waals surface area contributed by atoms with Crippen LogP contribution in [-0.2, 0) is 4.79 Å². The molecule has 2 fully saturated rings. The Hall–Kier alpha value is -1.58. The molecule has 2 aliphatic rings. The number of hydrogen-bond acceptors (Lipinski definition) is 2. The maximum Gasteiger partial charge on any atom is 0.226 e. The average molecular weight is 262 g/mol. The Morgan fingerprint density at radius 2 is 1.84 bits per heavy atom. The van der Waals surface area contributed by atoms with E-state index in [0.717, 1.165) is 6.42 Å². The molecule has 1 saturated heterocycles. The standard InChI is InChI=1S/C15H19FN2O/c1-11-10-12(11)15(19)18-8-6-17(7-9-18)14-5-3-2-4-13(14)16/h2-5,11-12H,6-10H2,1H3/t11-,12+/m1/s1. The Bertz CT molecular complexity index is 483. The lowest BCUT2D eigenvalue weighted by molar-refractivity contribution is -0.133. The van der Waals surface area contributed by atoms with Crippen molar-refractivity contribution in [2.24, 2.45) is 11.8 Å². The van der Waals surface area contributed by atoms with Gasteiger partial charge in [-0.05, 0) is 24.5 Å². The molecule has 0 N–H and O–H groups in total. The molecule has 1 aromatic carbocycles. The van der Waals surface area contributed by atoms with E-state index in [-0.39, 0.29) is 11.7 Å². The smallest absolute Gasteiger partial charge is 0.226 e. The summed E-state index contributed by atoms with van der Waals surface area (Å²) < 4.78 is 13.7. The van der Waals surface area contributed by atoms with Gasteiger partial charge in [0, 0.05) is 32.1 Å². The molecular formula is C15H19FN2O. The Balaban J connectivity index is 1.60. The minimum Gasteiger partial charge on any atom is -0.366 e. The molecule has 0 bridgehead atoms. The number of hydrogen-bond donors (Lipinski definition) is 0. The van der Waals surface area contributed by atoms with Crippen molar-refractivity contribution in [3.63, 3.8) is 0 Å². The van der Waals surface area contributed by atoms with Crippen molar-refractivity contribution in [1.29, 1.82) is 0 Å². The third-order valence-electron chi connectivity index (χ3n) is 4.21. The highest BCUT2D eigenvalue weighted by Crippen LogP contribution is 2.39. The zero-order valence-corrected chi connectivity index (χ0v) is 11.2. The van der Waals surface area contributed by atoms with Crippen molar-refractivity contribution in [2.45, 2.75) is 13.3 Å². The van der Waals surface area contributed by atoms with Gasteiger partial charge >= 0.3 is 0 Å². The van der Waals surface area contributed by atoms with Crippen LogP contribution in [0.5, 0.6) is 0 Å². The summed E-state index contributed by atoms with van der Waals surface area (Å²) in [6.45, 7) is 4.96. The number of halogens is 1. The second-order valence-electron chi connectivity index (χ2n) is 5.58. The SMILES string of the molecule is C[C@@H]1C[C@@H]1C(=O)N1CCN(c2ccccc2F)CC1. The number of piperazine rings is 1. The summed E-state index contributed by atoms with van der Waals surface area (Å²) in [5.41, 5.74) is 0.648. The first kappa shape index (κ1) is 12.5. The van der Waals surface area contributed by atoms with E-state index in [1.165, 1.54) is 6.07 Å². The molecule has 1 aliphatic carbocycles. The minimum atomic E-state index is -0.182. The van der Waals surface area contributed by atoms with Crippen molar-refractivity contribution in [3.8, 4) is 0 Å². The third-order valence-corrected chi connectivity index (χ3v) is 4.21. The number of anilines is 1. The second kappa shape index (κ2) is 4.83. The zero-order valence-electron chi connectivity index (χ0n) is 11.2. The molecule has 1 saturated carbocycles. The van der Waals surface area contributed by atoms with Crippen LogP contribution in [0.2, 0.25) is 0 Å². The van der Waals surface area contributed by atoms with Crippen LogP contribution in [0.4, 0.5) is 10.1 Å². The molecule has 1 aromatic rings. The molecule has 0 aromatic heterocycles. The summed E-state index contributed by atoms with van der Waals surface area (Å²) in [4.78, 5) is 16.1. The lowest BCUT2D eigenvalue weighted by Gasteiger charge is -2.36. The van der Waals surface area contributed by atoms with E-state index in [1.54, 1.807) is 12.1 Å². The molecular weight excluding hydrogens is 243 g/mol. The van der Waals surface area contributed by atoms with Crippen LogP contribution in [0.25, 0.3) is 0 Å². The predicted molar refractivity (Wildman–Crippen MR) is 72.5 cm³/mol. The highest BCUT2D eigenvalue weighted by molar-refractivity contribution is 5.81. The zero-order chi connectivity index (χ0) is 13.4. The molecule has 3 nitrogen and oxygen atoms in total. The minimum absolute atomic E-state index is 0.182. The van der Waals surface area contributed by atoms with E-state index in [0.29, 0.717) is 43.7 Å². The molecule has 2 atom stereocenters. The van der Waals surface area contributed by atoms with Gasteiger partial charge in [-0.2, -0.15) is 0 Å². The first-order chi connectivity index (χ1) is 9.16. The van der Waals surface area contributed by atoms with Gasteiger partial charge in [-0.1, -0.05) is 19.1 Å². The number of carbonyl (C=O) groups is 1. The van der Waals surface area contributed by atoms with Crippen molar-refractivity contribution in [3.05, 3.63) is 30.1 Å². The lowest BCUT2D eigenvalue weighted by atomic mass is 10.2. The molecule has 3 rings (SSSR count). The van der Waals surface area contributed by atoms with Crippen LogP contribution in [-0.4, -0.2) is 37.0 Å². The maximum absolute atomic E-state index is 13.7. The first-order valence-electron chi connectivity index (χ1n) is 6.95. The lowest BCUT2D eigenvalue weighted by Crippen LogP contribution is -2.49. The van der Waals surface area contributed by atoms with Gasteiger partial charge in [0.1, 0.15) is 5.82 Å². The van der Waals surface area contributed by atoms with Gasteiger partial charge in [0.15, 0.2) is 0 Å². The summed E-state index contributed by atoms with van der Waals surface area (Å²) in [5.74, 6) is 0.913. The number of nitrogens with zero attached hydrogens (tertiary/aromatic N) is 2. The van der Waals surface area contributed by atoms with E-state index in [9.17, 15) is 9.18 Å². The van der Waals surface area contributed by atoms with Crippen LogP contribution in [0.15, 0.2) is 24.3 Å². The van der Waals surface area contributed by atoms with E-state index in [1.807, 2.05) is 15.9 Å². The monoisotopic (exact) mass is 262 g/mol. The molecule has 4 heteroatoms. The fourth-order valence-electron chi connectivity index (χ4n) is 2.78. The van der Waals surface area contributed by atoms with E-state index in [2.05, 4.69) is 6.92 Å². The quantitative estimate of drug-likeness (QED) is 0.815. The molecule has 102 valence electrons. The number of para-hydroxylation sites is 1. The topological polar surface area (TPSA) is 23.6 Å². The number of benzene rings is 1. The van der Waals surface area contributed by atoms with Gasteiger partial charge in [0.25, 0.3) is 0 Å². The summed E-state index contributed by atoms with van der Waals surface area (Å²) in [5, 5.41) is 0. The summed E-state index contributed by atoms with van der Waals surface area (Å²) >= 11 is 0. The van der Waals surface area contributed by atoms with Crippen LogP contribution in [0.1, 0.15) is 13.3 Å². The maximum atomic E-state index is 13.7. The van der Waals surface area contributed by atoms with Crippen molar-refractivity contribution >= 4 is 11.6 Å². The highest BCUT2D eigenvalue weighted by atomic mass is 19.1. The largest absolute Gasteiger partial charge is 0.366 e. The van der Waals surface area contributed by atoms with E-state index in [4.69, 9.17) is 0 Å². The van der Waals surface area contributed by atoms with E-state index < -0.39 is 0 Å². The molecule has 1 amide bonds. The first-order valence-corrected chi connectivity index (χ1v) is 6.95. The van der Waals surface area contributed by atoms with Crippen LogP contribution < -0.4 is 4.90 Å². The number of carbonyl (C=O) groups excluding carboxylic acids is 1. The van der Waals surface area contributed by atoms with E-state index >= 15 is 0 Å². The Labute approximate surface area is 113 Å². The molecule has 1 aliphatic heterocycles. The Kier molecular flexibility index (Phi) is 3.17. The second-order valence-corrected chi connectivity index (χ2v) is 5.58. The third kappa shape index (κ3) is 2.44. The van der Waals surface area contributed by atoms with Gasteiger partial charge in [-0.25, -0.2) is 4.39 Å². The van der Waals surface area contributed by atoms with Gasteiger partial charge in [0.05, 0.1) is 5.69 Å². The highest BCUT2D eigenvalue weighted by Gasteiger charge is 2.41. The van der Waals surface area contributed by atoms with Gasteiger partial charge in [-0.15, -0.1) is 0 Å². The fourth-order valence-corrected chi connectivity index (χ4v) is 2.78. The van der Waals surface area contributed by atoms with Gasteiger partial charge in [0.2, 0.25) is 5.91 Å². The molecule has 0 unspecified atom stereocenters. The normalized spacial score (nSPS) is 26.4. The number of amides is 1. The van der Waals surface area contributed by atoms with Gasteiger partial charge in [-0.3, -0.25) is 4.79 Å². The Morgan fingerprint density at radius 1 is 1.21 bits per heavy atom. The average Bonchev–Trinajstić information content (AvgIpc) is 3.16. The predicted octanol–water partition coefficient (Wildman–Crippen LogP) is 2.13. The van der Waals surface area contributed by atoms with Crippen LogP contribution in [0, 0.1) is 17.7 Å². The van der Waals surface area contributed by atoms with Crippen molar-refractivity contribution in [2.75, 3.05) is 31.1 Å². The number of rotatable bonds is 2. The summed E-state index contributed by atoms with van der Waals surface area (Å²) in [6, 6.07) is 6.84. The Morgan fingerprint density at radius 3 is 2.42 bits per heavy atom. The van der Waals surface area contributed by atoms with Gasteiger partial charge < -0.3 is 9.80 Å². The summed E-state index contributed by atoms with van der Waals surface area (Å²) in [7, 11) is 0. The molecule has 19 heavy (non-hydrogen) atoms. The van der Waals surface area contributed by atoms with Crippen molar-refractivity contribution in [1.82, 2.24) is 4.90 Å². The van der Waals surface area contributed by atoms with Crippen LogP contribution in [0.3, 0.4) is 0 Å².